The van der Waals surface area contributed by atoms with Crippen molar-refractivity contribution in [2.24, 2.45) is 5.92 Å². The lowest BCUT2D eigenvalue weighted by Gasteiger charge is -1.68. The third kappa shape index (κ3) is 21700. The van der Waals surface area contributed by atoms with Gasteiger partial charge in [-0.2, -0.15) is 0 Å². The molecule has 0 spiro atoms. The summed E-state index contributed by atoms with van der Waals surface area (Å²) in [7, 11) is 0. The van der Waals surface area contributed by atoms with Crippen LogP contribution >= 0.6 is 0 Å². The molecule has 0 amide bonds. The first-order valence-corrected chi connectivity index (χ1v) is 1.56. The molecule has 0 N–H and O–H groups in total. The van der Waals surface area contributed by atoms with E-state index >= 15 is 0 Å². The van der Waals surface area contributed by atoms with Crippen LogP contribution in [0.4, 0.5) is 0 Å². The molecule has 0 radical (unpaired) electrons. The van der Waals surface area contributed by atoms with Gasteiger partial charge in [0.1, 0.15) is 0 Å². The Balaban J connectivity index is -0.0000000150. The zero-order valence-corrected chi connectivity index (χ0v) is 3.28. The van der Waals surface area contributed by atoms with E-state index in [1.54, 1.807) is 0 Å². The standard InChI is InChI=1S/C4H9.2CH4.BH4/c1-4(2)3;;;/h4H,1H2,2-3H3;3*1H4/q+1;;;-1. The molecule has 0 saturated heterocycles. The van der Waals surface area contributed by atoms with Gasteiger partial charge in [-0.05, 0) is 13.8 Å². The van der Waals surface area contributed by atoms with Crippen LogP contribution < -0.4 is 0 Å². The molecule has 1 heteroatoms. The lowest BCUT2D eigenvalue weighted by atomic mass is 10.3. The lowest BCUT2D eigenvalue weighted by Crippen LogP contribution is -1.67. The van der Waals surface area contributed by atoms with Crippen LogP contribution in [0.5, 0.6) is 0 Å². The molecule has 0 aliphatic carbocycles. The lowest BCUT2D eigenvalue weighted by molar-refractivity contribution is 0.827. The van der Waals surface area contributed by atoms with Crippen LogP contribution in [-0.2, 0) is 0 Å². The molecule has 0 heterocycles. The molecule has 0 aromatic heterocycles. The molecule has 0 unspecified atom stereocenters. The van der Waals surface area contributed by atoms with Crippen LogP contribution in [0, 0.1) is 12.8 Å². The van der Waals surface area contributed by atoms with Gasteiger partial charge in [0.2, 0.25) is 0 Å². The molecule has 7 heavy (non-hydrogen) atoms. The van der Waals surface area contributed by atoms with Crippen molar-refractivity contribution in [3.8, 4) is 0 Å². The Morgan fingerprint density at radius 3 is 1.14 bits per heavy atom. The fraction of sp³-hybridized carbons (Fsp3) is 0.833. The van der Waals surface area contributed by atoms with Crippen LogP contribution in [0.1, 0.15) is 28.7 Å². The quantitative estimate of drug-likeness (QED) is 0.321. The van der Waals surface area contributed by atoms with Crippen molar-refractivity contribution in [2.75, 3.05) is 0 Å². The van der Waals surface area contributed by atoms with Crippen LogP contribution in [0.3, 0.4) is 0 Å². The minimum absolute atomic E-state index is 0. The first-order valence-electron chi connectivity index (χ1n) is 1.56. The Morgan fingerprint density at radius 1 is 1.14 bits per heavy atom. The predicted molar refractivity (Wildman–Crippen MR) is 45.0 cm³/mol. The number of hydrogen-bond donors (Lipinski definition) is 0. The van der Waals surface area contributed by atoms with E-state index in [2.05, 4.69) is 20.8 Å². The summed E-state index contributed by atoms with van der Waals surface area (Å²) in [4.78, 5) is 0. The highest BCUT2D eigenvalue weighted by Gasteiger charge is 1.78. The molecule has 0 aliphatic heterocycles. The fourth-order valence-electron chi connectivity index (χ4n) is 0. The molecule has 0 aromatic rings. The predicted octanol–water partition coefficient (Wildman–Crippen LogP) is 1.30. The second-order valence-electron chi connectivity index (χ2n) is 1.39. The zero-order valence-electron chi connectivity index (χ0n) is 3.28. The van der Waals surface area contributed by atoms with Crippen LogP contribution in [-0.4, -0.2) is 8.41 Å². The maximum absolute atomic E-state index is 3.64. The van der Waals surface area contributed by atoms with E-state index < -0.39 is 0 Å². The van der Waals surface area contributed by atoms with Crippen molar-refractivity contribution in [3.63, 3.8) is 0 Å². The number of rotatable bonds is 0. The summed E-state index contributed by atoms with van der Waals surface area (Å²) < 4.78 is 0. The monoisotopic (exact) mass is 104 g/mol. The molecule has 0 saturated carbocycles. The third-order valence-corrected chi connectivity index (χ3v) is 0. The van der Waals surface area contributed by atoms with Crippen LogP contribution in [0.15, 0.2) is 0 Å². The summed E-state index contributed by atoms with van der Waals surface area (Å²) in [6, 6.07) is 0. The summed E-state index contributed by atoms with van der Waals surface area (Å²) in [6.07, 6.45) is 0. The number of hydrogen-bond acceptors (Lipinski definition) is 0. The normalized spacial score (nSPS) is 5.00. The van der Waals surface area contributed by atoms with Crippen molar-refractivity contribution in [1.29, 1.82) is 0 Å². The maximum atomic E-state index is 3.64. The molecule has 0 bridgehead atoms. The summed E-state index contributed by atoms with van der Waals surface area (Å²) in [5.41, 5.74) is 0. The molecule has 0 fully saturated rings. The van der Waals surface area contributed by atoms with Crippen molar-refractivity contribution < 1.29 is 0 Å². The molecule has 0 nitrogen and oxygen atoms in total. The van der Waals surface area contributed by atoms with Crippen LogP contribution in [0.25, 0.3) is 0 Å². The van der Waals surface area contributed by atoms with Crippen molar-refractivity contribution >= 4 is 8.41 Å². The van der Waals surface area contributed by atoms with E-state index in [1.165, 1.54) is 0 Å². The maximum Gasteiger partial charge on any atom is 0.0897 e. The van der Waals surface area contributed by atoms with Crippen molar-refractivity contribution in [3.05, 3.63) is 6.92 Å². The first-order chi connectivity index (χ1) is 1.73. The molecule has 48 valence electrons. The highest BCUT2D eigenvalue weighted by molar-refractivity contribution is 5.75. The molecule has 0 rings (SSSR count). The molecular weight excluding hydrogens is 82.9 g/mol. The van der Waals surface area contributed by atoms with Crippen molar-refractivity contribution in [2.45, 2.75) is 28.7 Å². The summed E-state index contributed by atoms with van der Waals surface area (Å²) in [6.45, 7) is 7.75. The summed E-state index contributed by atoms with van der Waals surface area (Å²) in [5, 5.41) is 0. The zero-order chi connectivity index (χ0) is 3.58. The Kier molecular flexibility index (Phi) is 68.0. The van der Waals surface area contributed by atoms with Gasteiger partial charge >= 0.3 is 0 Å². The first kappa shape index (κ1) is 28.4. The smallest absolute Gasteiger partial charge is 0.0776 e. The van der Waals surface area contributed by atoms with Gasteiger partial charge in [0.05, 0.1) is 12.8 Å². The molecule has 0 aliphatic rings. The fourth-order valence-corrected chi connectivity index (χ4v) is 0. The molecule has 0 aromatic carbocycles. The topological polar surface area (TPSA) is 0 Å². The van der Waals surface area contributed by atoms with Gasteiger partial charge in [-0.15, -0.1) is 0 Å². The van der Waals surface area contributed by atoms with Crippen molar-refractivity contribution in [1.82, 2.24) is 0 Å². The van der Waals surface area contributed by atoms with E-state index in [0.29, 0.717) is 5.92 Å². The SMILES string of the molecule is C.C.[BH4-].[CH2+]C(C)C. The van der Waals surface area contributed by atoms with Gasteiger partial charge in [0.25, 0.3) is 0 Å². The van der Waals surface area contributed by atoms with Crippen LogP contribution in [0.2, 0.25) is 0 Å². The van der Waals surface area contributed by atoms with E-state index in [-0.39, 0.29) is 23.3 Å². The van der Waals surface area contributed by atoms with E-state index in [4.69, 9.17) is 0 Å². The second-order valence-corrected chi connectivity index (χ2v) is 1.39. The van der Waals surface area contributed by atoms with Gasteiger partial charge in [0.15, 0.2) is 0 Å². The highest BCUT2D eigenvalue weighted by Crippen LogP contribution is 1.80. The Bertz CT molecular complexity index is 8.90. The van der Waals surface area contributed by atoms with Gasteiger partial charge in [0, 0.05) is 0 Å². The molecular formula is C6H21B. The summed E-state index contributed by atoms with van der Waals surface area (Å²) >= 11 is 0. The Morgan fingerprint density at radius 2 is 1.14 bits per heavy atom. The Labute approximate surface area is 50.9 Å². The largest absolute Gasteiger partial charge is 0.0897 e. The minimum atomic E-state index is 0. The highest BCUT2D eigenvalue weighted by atomic mass is 13.7. The van der Waals surface area contributed by atoms with Gasteiger partial charge < -0.3 is 0 Å². The average molecular weight is 104 g/mol. The average Bonchev–Trinajstić information content (AvgIpc) is 0.811. The van der Waals surface area contributed by atoms with Gasteiger partial charge in [-0.3, -0.25) is 0 Å². The van der Waals surface area contributed by atoms with Gasteiger partial charge in [-0.25, -0.2) is 0 Å². The summed E-state index contributed by atoms with van der Waals surface area (Å²) in [5.74, 6) is 0.583. The van der Waals surface area contributed by atoms with E-state index in [9.17, 15) is 0 Å². The second kappa shape index (κ2) is 16.8. The van der Waals surface area contributed by atoms with Gasteiger partial charge in [-0.1, -0.05) is 23.3 Å². The van der Waals surface area contributed by atoms with E-state index in [0.717, 1.165) is 0 Å². The minimum Gasteiger partial charge on any atom is -0.0776 e. The van der Waals surface area contributed by atoms with E-state index in [1.807, 2.05) is 0 Å². The third-order valence-electron chi connectivity index (χ3n) is 0. The molecule has 0 atom stereocenters. The Hall–Kier alpha value is -0.0651.